The third kappa shape index (κ3) is 5.29. The van der Waals surface area contributed by atoms with Crippen molar-refractivity contribution in [3.05, 3.63) is 89.0 Å². The van der Waals surface area contributed by atoms with Crippen molar-refractivity contribution < 1.29 is 44.2 Å². The maximum Gasteiger partial charge on any atom is 1.00 e. The van der Waals surface area contributed by atoms with Crippen molar-refractivity contribution in [2.24, 2.45) is 7.05 Å². The Hall–Kier alpha value is -2.98. The van der Waals surface area contributed by atoms with Gasteiger partial charge in [0.2, 0.25) is 0 Å². The summed E-state index contributed by atoms with van der Waals surface area (Å²) in [7, 11) is 1.83. The van der Waals surface area contributed by atoms with Crippen LogP contribution in [0.4, 0.5) is 0 Å². The second kappa shape index (κ2) is 11.0. The number of aromatic carboxylic acids is 1. The number of carbonyl (C=O) groups is 1. The van der Waals surface area contributed by atoms with Crippen molar-refractivity contribution in [1.82, 2.24) is 29.7 Å². The third-order valence-corrected chi connectivity index (χ3v) is 7.31. The predicted octanol–water partition coefficient (Wildman–Crippen LogP) is -0.187. The van der Waals surface area contributed by atoms with Crippen LogP contribution >= 0.6 is 0 Å². The summed E-state index contributed by atoms with van der Waals surface area (Å²) in [6.45, 7) is 4.54. The van der Waals surface area contributed by atoms with Gasteiger partial charge in [-0.25, -0.2) is 4.68 Å². The Morgan fingerprint density at radius 1 is 1.16 bits per heavy atom. The molecule has 1 aliphatic heterocycles. The minimum atomic E-state index is -1.21. The van der Waals surface area contributed by atoms with Gasteiger partial charge < -0.3 is 14.6 Å². The van der Waals surface area contributed by atoms with Gasteiger partial charge in [0.05, 0.1) is 29.2 Å². The van der Waals surface area contributed by atoms with Gasteiger partial charge in [0.25, 0.3) is 0 Å². The molecule has 9 nitrogen and oxygen atoms in total. The van der Waals surface area contributed by atoms with E-state index in [9.17, 15) is 9.90 Å². The number of nitrogens with zero attached hydrogens (tertiary/aromatic N) is 6. The molecule has 10 heteroatoms. The van der Waals surface area contributed by atoms with E-state index in [1.807, 2.05) is 43.6 Å². The Bertz CT molecular complexity index is 1450. The van der Waals surface area contributed by atoms with Gasteiger partial charge >= 0.3 is 29.6 Å². The first-order valence-electron chi connectivity index (χ1n) is 12.7. The van der Waals surface area contributed by atoms with Crippen molar-refractivity contribution in [2.75, 3.05) is 6.54 Å². The number of hydrogen-bond donors (Lipinski definition) is 0. The number of carboxylic acid groups (broad SMARTS) is 1. The number of rotatable bonds is 7. The second-order valence-corrected chi connectivity index (χ2v) is 10.0. The number of aryl methyl sites for hydroxylation is 1. The van der Waals surface area contributed by atoms with E-state index in [4.69, 9.17) is 4.74 Å². The normalized spacial score (nSPS) is 20.6. The molecule has 0 saturated heterocycles. The van der Waals surface area contributed by atoms with Crippen LogP contribution in [0, 0.1) is 0 Å². The summed E-state index contributed by atoms with van der Waals surface area (Å²) < 4.78 is 9.68. The fraction of sp³-hybridized carbons (Fsp3) is 0.357. The van der Waals surface area contributed by atoms with Crippen molar-refractivity contribution in [1.29, 1.82) is 0 Å². The van der Waals surface area contributed by atoms with Gasteiger partial charge in [0.15, 0.2) is 0 Å². The van der Waals surface area contributed by atoms with Crippen LogP contribution in [0.2, 0.25) is 0 Å². The Kier molecular flexibility index (Phi) is 7.72. The van der Waals surface area contributed by atoms with Gasteiger partial charge in [-0.2, -0.15) is 5.10 Å². The van der Waals surface area contributed by atoms with E-state index < -0.39 is 5.97 Å². The number of aromatic nitrogens is 5. The summed E-state index contributed by atoms with van der Waals surface area (Å²) in [6, 6.07) is 16.4. The standard InChI is InChI=1S/C28H30N6O3.Na/c1-3-21-16-33(15-19-8-4-5-10-26(19)37-21)14-18-7-6-9-20(11-18)34-27(24(13-29-34)28(35)36)23-12-22(23)25-17-32(2)31-30-25;/h4-11,13,17,21-23H,3,12,14-16H2,1-2H3,(H,35,36);/q;+1/p-1/t21-,22-,23-;/m1./s1. The molecule has 190 valence electrons. The van der Waals surface area contributed by atoms with Crippen molar-refractivity contribution in [3.8, 4) is 11.4 Å². The first-order chi connectivity index (χ1) is 18.0. The van der Waals surface area contributed by atoms with Crippen LogP contribution in [-0.4, -0.2) is 48.3 Å². The minimum absolute atomic E-state index is 0. The first-order valence-corrected chi connectivity index (χ1v) is 12.7. The molecular formula is C28H29N6NaO3. The molecule has 3 heterocycles. The summed E-state index contributed by atoms with van der Waals surface area (Å²) >= 11 is 0. The number of para-hydroxylation sites is 1. The van der Waals surface area contributed by atoms with Gasteiger partial charge in [-0.05, 0) is 36.6 Å². The van der Waals surface area contributed by atoms with E-state index in [0.29, 0.717) is 5.69 Å². The molecule has 1 fully saturated rings. The molecule has 2 aromatic carbocycles. The molecule has 1 saturated carbocycles. The van der Waals surface area contributed by atoms with E-state index >= 15 is 0 Å². The Labute approximate surface area is 243 Å². The van der Waals surface area contributed by atoms with Gasteiger partial charge in [-0.3, -0.25) is 9.58 Å². The number of hydrogen-bond acceptors (Lipinski definition) is 7. The van der Waals surface area contributed by atoms with Crippen LogP contribution in [0.5, 0.6) is 5.75 Å². The Morgan fingerprint density at radius 2 is 2.00 bits per heavy atom. The van der Waals surface area contributed by atoms with Crippen LogP contribution < -0.4 is 39.4 Å². The maximum absolute atomic E-state index is 12.0. The number of fused-ring (bicyclic) bond motifs is 1. The average molecular weight is 521 g/mol. The summed E-state index contributed by atoms with van der Waals surface area (Å²) in [5.41, 5.74) is 4.82. The summed E-state index contributed by atoms with van der Waals surface area (Å²) in [5.74, 6) is -0.131. The largest absolute Gasteiger partial charge is 1.00 e. The SMILES string of the molecule is CC[C@@H]1CN(Cc2cccc(-n3ncc(C(=O)[O-])c3[C@@H]3C[C@H]3c3cn(C)nn3)c2)Cc2ccccc2O1.[Na+]. The van der Waals surface area contributed by atoms with Crippen LogP contribution in [0.3, 0.4) is 0 Å². The van der Waals surface area contributed by atoms with E-state index in [1.54, 1.807) is 9.36 Å². The number of carbonyl (C=O) groups excluding carboxylic acids is 1. The van der Waals surface area contributed by atoms with Crippen molar-refractivity contribution in [2.45, 2.75) is 50.8 Å². The molecule has 0 bridgehead atoms. The van der Waals surface area contributed by atoms with Crippen LogP contribution in [0.25, 0.3) is 5.69 Å². The molecule has 38 heavy (non-hydrogen) atoms. The molecule has 3 atom stereocenters. The van der Waals surface area contributed by atoms with E-state index in [0.717, 1.165) is 55.2 Å². The minimum Gasteiger partial charge on any atom is -0.545 e. The molecule has 2 aromatic heterocycles. The molecule has 1 aliphatic carbocycles. The number of benzene rings is 2. The molecule has 0 unspecified atom stereocenters. The molecule has 0 radical (unpaired) electrons. The topological polar surface area (TPSA) is 101 Å². The third-order valence-electron chi connectivity index (χ3n) is 7.31. The van der Waals surface area contributed by atoms with Gasteiger partial charge in [0.1, 0.15) is 11.9 Å². The molecular weight excluding hydrogens is 491 g/mol. The summed E-state index contributed by atoms with van der Waals surface area (Å²) in [6.07, 6.45) is 5.15. The number of ether oxygens (including phenoxy) is 1. The fourth-order valence-electron chi connectivity index (χ4n) is 5.37. The second-order valence-electron chi connectivity index (χ2n) is 10.0. The van der Waals surface area contributed by atoms with Gasteiger partial charge in [-0.1, -0.05) is 42.5 Å². The quantitative estimate of drug-likeness (QED) is 0.312. The molecule has 4 aromatic rings. The zero-order chi connectivity index (χ0) is 25.5. The zero-order valence-electron chi connectivity index (χ0n) is 21.9. The zero-order valence-corrected chi connectivity index (χ0v) is 23.9. The Morgan fingerprint density at radius 3 is 2.76 bits per heavy atom. The van der Waals surface area contributed by atoms with Gasteiger partial charge in [0, 0.05) is 55.8 Å². The van der Waals surface area contributed by atoms with Crippen LogP contribution in [-0.2, 0) is 20.1 Å². The molecule has 0 spiro atoms. The van der Waals surface area contributed by atoms with Crippen molar-refractivity contribution in [3.63, 3.8) is 0 Å². The van der Waals surface area contributed by atoms with E-state index in [-0.39, 0.29) is 53.1 Å². The Balaban J connectivity index is 0.00000294. The fourth-order valence-corrected chi connectivity index (χ4v) is 5.37. The molecule has 0 amide bonds. The van der Waals surface area contributed by atoms with Crippen LogP contribution in [0.1, 0.15) is 64.5 Å². The van der Waals surface area contributed by atoms with E-state index in [1.165, 1.54) is 11.8 Å². The first kappa shape index (κ1) is 26.6. The van der Waals surface area contributed by atoms with Gasteiger partial charge in [-0.15, -0.1) is 5.10 Å². The van der Waals surface area contributed by atoms with Crippen molar-refractivity contribution >= 4 is 5.97 Å². The maximum atomic E-state index is 12.0. The summed E-state index contributed by atoms with van der Waals surface area (Å²) in [5, 5.41) is 24.7. The summed E-state index contributed by atoms with van der Waals surface area (Å²) in [4.78, 5) is 14.4. The molecule has 6 rings (SSSR count). The predicted molar refractivity (Wildman–Crippen MR) is 134 cm³/mol. The average Bonchev–Trinajstić information content (AvgIpc) is 3.41. The smallest absolute Gasteiger partial charge is 0.545 e. The molecule has 0 N–H and O–H groups in total. The van der Waals surface area contributed by atoms with Crippen LogP contribution in [0.15, 0.2) is 60.9 Å². The van der Waals surface area contributed by atoms with E-state index in [2.05, 4.69) is 45.4 Å². The molecule has 2 aliphatic rings. The number of carboxylic acids is 1. The monoisotopic (exact) mass is 520 g/mol.